The Morgan fingerprint density at radius 3 is 2.30 bits per heavy atom. The van der Waals surface area contributed by atoms with Crippen LogP contribution in [0.25, 0.3) is 0 Å². The third kappa shape index (κ3) is 4.35. The number of aromatic nitrogens is 2. The Kier molecular flexibility index (Phi) is 6.21. The number of hydrogen-bond donors (Lipinski definition) is 1. The second-order valence-electron chi connectivity index (χ2n) is 6.18. The first-order valence-electron chi connectivity index (χ1n) is 8.85. The van der Waals surface area contributed by atoms with E-state index < -0.39 is 11.7 Å². The molecule has 3 rings (SSSR count). The van der Waals surface area contributed by atoms with Crippen molar-refractivity contribution >= 4 is 11.6 Å². The maximum absolute atomic E-state index is 15.0. The van der Waals surface area contributed by atoms with Crippen molar-refractivity contribution in [1.82, 2.24) is 9.97 Å². The highest BCUT2D eigenvalue weighted by Gasteiger charge is 2.21. The molecule has 0 atom stereocenters. The number of oxime groups is 1. The van der Waals surface area contributed by atoms with Gasteiger partial charge in [0.15, 0.2) is 5.71 Å². The van der Waals surface area contributed by atoms with Gasteiger partial charge in [-0.1, -0.05) is 29.4 Å². The van der Waals surface area contributed by atoms with Gasteiger partial charge in [-0.05, 0) is 43.2 Å². The summed E-state index contributed by atoms with van der Waals surface area (Å²) in [4.78, 5) is 24.1. The van der Waals surface area contributed by atoms with Crippen molar-refractivity contribution in [3.63, 3.8) is 0 Å². The van der Waals surface area contributed by atoms with E-state index in [2.05, 4.69) is 20.0 Å². The average molecular weight is 410 g/mol. The highest BCUT2D eigenvalue weighted by atomic mass is 19.1. The number of amides is 1. The van der Waals surface area contributed by atoms with E-state index in [-0.39, 0.29) is 28.8 Å². The Labute approximate surface area is 172 Å². The minimum atomic E-state index is -0.905. The van der Waals surface area contributed by atoms with Gasteiger partial charge in [-0.25, -0.2) is 0 Å². The molecule has 0 radical (unpaired) electrons. The normalized spacial score (nSPS) is 11.1. The second kappa shape index (κ2) is 8.99. The maximum Gasteiger partial charge on any atom is 0.271 e. The SMILES string of the molecule is CO/N=C(/C(N)=O)c1ccccc1Oc1ncnc(Oc2cccc(C)c2C)c1F. The van der Waals surface area contributed by atoms with E-state index in [9.17, 15) is 9.18 Å². The molecule has 0 bridgehead atoms. The molecule has 30 heavy (non-hydrogen) atoms. The van der Waals surface area contributed by atoms with Gasteiger partial charge in [0.1, 0.15) is 24.9 Å². The Balaban J connectivity index is 1.96. The summed E-state index contributed by atoms with van der Waals surface area (Å²) >= 11 is 0. The molecule has 0 spiro atoms. The minimum absolute atomic E-state index is 0.0994. The number of primary amides is 1. The Bertz CT molecular complexity index is 1120. The molecule has 154 valence electrons. The fourth-order valence-electron chi connectivity index (χ4n) is 2.59. The molecule has 0 unspecified atom stereocenters. The molecule has 1 amide bonds. The Hall–Kier alpha value is -4.01. The molecule has 1 heterocycles. The van der Waals surface area contributed by atoms with E-state index in [0.29, 0.717) is 5.75 Å². The lowest BCUT2D eigenvalue weighted by molar-refractivity contribution is -0.112. The topological polar surface area (TPSA) is 109 Å². The van der Waals surface area contributed by atoms with Crippen LogP contribution in [0.15, 0.2) is 53.9 Å². The largest absolute Gasteiger partial charge is 0.436 e. The first kappa shape index (κ1) is 20.7. The first-order chi connectivity index (χ1) is 14.4. The van der Waals surface area contributed by atoms with Crippen molar-refractivity contribution in [3.8, 4) is 23.3 Å². The predicted molar refractivity (Wildman–Crippen MR) is 107 cm³/mol. The molecule has 8 nitrogen and oxygen atoms in total. The number of carbonyl (C=O) groups excluding carboxylic acids is 1. The van der Waals surface area contributed by atoms with Crippen LogP contribution in [0, 0.1) is 19.7 Å². The lowest BCUT2D eigenvalue weighted by atomic mass is 10.1. The van der Waals surface area contributed by atoms with Crippen molar-refractivity contribution < 1.29 is 23.5 Å². The van der Waals surface area contributed by atoms with Crippen LogP contribution in [-0.4, -0.2) is 28.7 Å². The third-order valence-corrected chi connectivity index (χ3v) is 4.25. The van der Waals surface area contributed by atoms with Crippen LogP contribution < -0.4 is 15.2 Å². The van der Waals surface area contributed by atoms with Gasteiger partial charge >= 0.3 is 0 Å². The summed E-state index contributed by atoms with van der Waals surface area (Å²) in [5, 5.41) is 3.62. The number of benzene rings is 2. The van der Waals surface area contributed by atoms with Crippen molar-refractivity contribution in [3.05, 3.63) is 71.3 Å². The van der Waals surface area contributed by atoms with Crippen molar-refractivity contribution in [2.24, 2.45) is 10.9 Å². The van der Waals surface area contributed by atoms with E-state index in [0.717, 1.165) is 17.5 Å². The van der Waals surface area contributed by atoms with Crippen molar-refractivity contribution in [2.45, 2.75) is 13.8 Å². The molecular weight excluding hydrogens is 391 g/mol. The van der Waals surface area contributed by atoms with Crippen LogP contribution in [0.3, 0.4) is 0 Å². The molecule has 0 aliphatic carbocycles. The molecular formula is C21H19FN4O4. The van der Waals surface area contributed by atoms with E-state index >= 15 is 0 Å². The number of aryl methyl sites for hydroxylation is 1. The van der Waals surface area contributed by atoms with Gasteiger partial charge < -0.3 is 20.0 Å². The number of carbonyl (C=O) groups is 1. The monoisotopic (exact) mass is 410 g/mol. The van der Waals surface area contributed by atoms with E-state index in [1.54, 1.807) is 24.3 Å². The fourth-order valence-corrected chi connectivity index (χ4v) is 2.59. The molecule has 0 saturated heterocycles. The van der Waals surface area contributed by atoms with Crippen LogP contribution in [0.5, 0.6) is 23.3 Å². The van der Waals surface area contributed by atoms with Gasteiger partial charge in [-0.3, -0.25) is 4.79 Å². The quantitative estimate of drug-likeness (QED) is 0.470. The molecule has 3 aromatic rings. The zero-order valence-corrected chi connectivity index (χ0v) is 16.5. The van der Waals surface area contributed by atoms with Gasteiger partial charge in [0.05, 0.1) is 5.56 Å². The van der Waals surface area contributed by atoms with Crippen molar-refractivity contribution in [2.75, 3.05) is 7.11 Å². The molecule has 0 aliphatic heterocycles. The Morgan fingerprint density at radius 2 is 1.63 bits per heavy atom. The lowest BCUT2D eigenvalue weighted by Gasteiger charge is -2.13. The number of halogens is 1. The zero-order chi connectivity index (χ0) is 21.7. The summed E-state index contributed by atoms with van der Waals surface area (Å²) in [5.41, 5.74) is 7.22. The third-order valence-electron chi connectivity index (χ3n) is 4.25. The van der Waals surface area contributed by atoms with E-state index in [1.807, 2.05) is 19.9 Å². The molecule has 0 saturated carbocycles. The summed E-state index contributed by atoms with van der Waals surface area (Å²) in [6.07, 6.45) is 1.11. The van der Waals surface area contributed by atoms with Gasteiger partial charge in [0.25, 0.3) is 17.7 Å². The Morgan fingerprint density at radius 1 is 1.00 bits per heavy atom. The summed E-state index contributed by atoms with van der Waals surface area (Å²) in [6, 6.07) is 11.7. The molecule has 0 fully saturated rings. The maximum atomic E-state index is 15.0. The van der Waals surface area contributed by atoms with Crippen LogP contribution in [0.4, 0.5) is 4.39 Å². The van der Waals surface area contributed by atoms with Gasteiger partial charge in [0, 0.05) is 0 Å². The molecule has 9 heteroatoms. The van der Waals surface area contributed by atoms with Gasteiger partial charge in [-0.15, -0.1) is 0 Å². The smallest absolute Gasteiger partial charge is 0.271 e. The van der Waals surface area contributed by atoms with Crippen LogP contribution in [-0.2, 0) is 9.63 Å². The molecule has 1 aromatic heterocycles. The number of para-hydroxylation sites is 1. The summed E-state index contributed by atoms with van der Waals surface area (Å²) in [5.74, 6) is -1.87. The lowest BCUT2D eigenvalue weighted by Crippen LogP contribution is -2.25. The van der Waals surface area contributed by atoms with Gasteiger partial charge in [0.2, 0.25) is 5.82 Å². The van der Waals surface area contributed by atoms with Crippen molar-refractivity contribution in [1.29, 1.82) is 0 Å². The summed E-state index contributed by atoms with van der Waals surface area (Å²) in [6.45, 7) is 3.78. The summed E-state index contributed by atoms with van der Waals surface area (Å²) in [7, 11) is 1.27. The highest BCUT2D eigenvalue weighted by Crippen LogP contribution is 2.32. The number of ether oxygens (including phenoxy) is 2. The number of hydrogen-bond acceptors (Lipinski definition) is 7. The average Bonchev–Trinajstić information content (AvgIpc) is 2.73. The van der Waals surface area contributed by atoms with Gasteiger partial charge in [-0.2, -0.15) is 14.4 Å². The molecule has 2 aromatic carbocycles. The number of nitrogens with two attached hydrogens (primary N) is 1. The minimum Gasteiger partial charge on any atom is -0.436 e. The fraction of sp³-hybridized carbons (Fsp3) is 0.143. The zero-order valence-electron chi connectivity index (χ0n) is 16.5. The number of rotatable bonds is 7. The summed E-state index contributed by atoms with van der Waals surface area (Å²) < 4.78 is 26.2. The van der Waals surface area contributed by atoms with E-state index in [4.69, 9.17) is 15.2 Å². The second-order valence-corrected chi connectivity index (χ2v) is 6.18. The first-order valence-corrected chi connectivity index (χ1v) is 8.85. The van der Waals surface area contributed by atoms with Crippen LogP contribution >= 0.6 is 0 Å². The number of nitrogens with zero attached hydrogens (tertiary/aromatic N) is 3. The standard InChI is InChI=1S/C21H19FN4O4/c1-12-7-6-10-15(13(12)2)29-20-17(22)21(25-11-24-20)30-16-9-5-4-8-14(16)18(19(23)27)26-28-3/h4-11H,1-3H3,(H2,23,27)/b26-18+. The van der Waals surface area contributed by atoms with E-state index in [1.165, 1.54) is 19.2 Å². The molecule has 0 aliphatic rings. The van der Waals surface area contributed by atoms with Crippen LogP contribution in [0.1, 0.15) is 16.7 Å². The van der Waals surface area contributed by atoms with Crippen LogP contribution in [0.2, 0.25) is 0 Å². The highest BCUT2D eigenvalue weighted by molar-refractivity contribution is 6.45. The predicted octanol–water partition coefficient (Wildman–Crippen LogP) is 3.65. The molecule has 2 N–H and O–H groups in total.